The number of carbonyl (C=O) groups is 1. The van der Waals surface area contributed by atoms with Gasteiger partial charge in [-0.15, -0.1) is 11.3 Å². The molecule has 96 valence electrons. The van der Waals surface area contributed by atoms with Gasteiger partial charge in [-0.3, -0.25) is 4.79 Å². The second-order valence-corrected chi connectivity index (χ2v) is 5.06. The normalized spacial score (nSPS) is 10.8. The molecule has 0 saturated heterocycles. The van der Waals surface area contributed by atoms with Crippen LogP contribution in [0.1, 0.15) is 23.8 Å². The molecule has 0 radical (unpaired) electrons. The van der Waals surface area contributed by atoms with E-state index in [-0.39, 0.29) is 5.91 Å². The first-order valence-electron chi connectivity index (χ1n) is 5.69. The van der Waals surface area contributed by atoms with Crippen LogP contribution in [0, 0.1) is 0 Å². The lowest BCUT2D eigenvalue weighted by atomic mass is 10.3. The Hall–Kier alpha value is -1.14. The number of anilines is 1. The Morgan fingerprint density at radius 1 is 1.41 bits per heavy atom. The van der Waals surface area contributed by atoms with Crippen molar-refractivity contribution in [3.05, 3.63) is 11.1 Å². The molecule has 1 aromatic heterocycles. The van der Waals surface area contributed by atoms with E-state index in [2.05, 4.69) is 16.8 Å². The van der Waals surface area contributed by atoms with Gasteiger partial charge in [-0.25, -0.2) is 4.98 Å². The van der Waals surface area contributed by atoms with Gasteiger partial charge in [0, 0.05) is 25.0 Å². The second-order valence-electron chi connectivity index (χ2n) is 4.17. The van der Waals surface area contributed by atoms with Crippen molar-refractivity contribution in [1.29, 1.82) is 0 Å². The second kappa shape index (κ2) is 6.56. The highest BCUT2D eigenvalue weighted by Crippen LogP contribution is 2.13. The monoisotopic (exact) mass is 256 g/mol. The number of nitrogens with two attached hydrogens (primary N) is 1. The van der Waals surface area contributed by atoms with Crippen molar-refractivity contribution in [3.63, 3.8) is 0 Å². The van der Waals surface area contributed by atoms with Crippen LogP contribution in [-0.4, -0.2) is 54.4 Å². The highest BCUT2D eigenvalue weighted by Gasteiger charge is 2.17. The van der Waals surface area contributed by atoms with Crippen molar-refractivity contribution in [2.75, 3.05) is 39.5 Å². The van der Waals surface area contributed by atoms with Gasteiger partial charge < -0.3 is 15.5 Å². The minimum atomic E-state index is -0.0262. The largest absolute Gasteiger partial charge is 0.375 e. The number of likely N-dealkylation sites (N-methyl/N-ethyl adjacent to an activating group) is 1. The summed E-state index contributed by atoms with van der Waals surface area (Å²) >= 11 is 1.30. The maximum atomic E-state index is 12.2. The lowest BCUT2D eigenvalue weighted by molar-refractivity contribution is 0.0740. The van der Waals surface area contributed by atoms with Gasteiger partial charge in [0.2, 0.25) is 0 Å². The van der Waals surface area contributed by atoms with Crippen molar-refractivity contribution in [2.24, 2.45) is 0 Å². The van der Waals surface area contributed by atoms with Crippen LogP contribution in [0.5, 0.6) is 0 Å². The third-order valence-electron chi connectivity index (χ3n) is 2.34. The molecule has 0 fully saturated rings. The number of carbonyl (C=O) groups excluding carboxylic acids is 1. The molecule has 1 amide bonds. The molecule has 0 aliphatic rings. The molecule has 0 atom stereocenters. The van der Waals surface area contributed by atoms with Gasteiger partial charge in [-0.05, 0) is 20.5 Å². The van der Waals surface area contributed by atoms with Crippen molar-refractivity contribution in [1.82, 2.24) is 14.8 Å². The summed E-state index contributed by atoms with van der Waals surface area (Å²) in [7, 11) is 3.99. The molecule has 0 saturated carbocycles. The van der Waals surface area contributed by atoms with Crippen LogP contribution in [0.4, 0.5) is 5.13 Å². The number of nitrogens with zero attached hydrogens (tertiary/aromatic N) is 3. The lowest BCUT2D eigenvalue weighted by Gasteiger charge is -2.23. The molecule has 0 unspecified atom stereocenters. The molecule has 1 rings (SSSR count). The van der Waals surface area contributed by atoms with Crippen molar-refractivity contribution in [2.45, 2.75) is 13.3 Å². The van der Waals surface area contributed by atoms with Crippen LogP contribution in [0.15, 0.2) is 5.38 Å². The third-order valence-corrected chi connectivity index (χ3v) is 3.01. The maximum absolute atomic E-state index is 12.2. The molecule has 0 spiro atoms. The molecule has 17 heavy (non-hydrogen) atoms. The lowest BCUT2D eigenvalue weighted by Crippen LogP contribution is -2.37. The van der Waals surface area contributed by atoms with Gasteiger partial charge in [0.05, 0.1) is 0 Å². The molecule has 1 heterocycles. The first kappa shape index (κ1) is 13.9. The quantitative estimate of drug-likeness (QED) is 0.829. The Balaban J connectivity index is 2.66. The number of rotatable bonds is 6. The zero-order valence-corrected chi connectivity index (χ0v) is 11.5. The van der Waals surface area contributed by atoms with Crippen LogP contribution in [0.25, 0.3) is 0 Å². The van der Waals surface area contributed by atoms with Crippen LogP contribution in [0.3, 0.4) is 0 Å². The van der Waals surface area contributed by atoms with Crippen molar-refractivity contribution >= 4 is 22.4 Å². The summed E-state index contributed by atoms with van der Waals surface area (Å²) < 4.78 is 0. The molecule has 1 aromatic rings. The van der Waals surface area contributed by atoms with E-state index in [1.54, 1.807) is 5.38 Å². The fourth-order valence-electron chi connectivity index (χ4n) is 1.45. The highest BCUT2D eigenvalue weighted by atomic mass is 32.1. The predicted molar refractivity (Wildman–Crippen MR) is 71.3 cm³/mol. The SMILES string of the molecule is CCCN(CCN(C)C)C(=O)c1csc(N)n1. The molecule has 2 N–H and O–H groups in total. The standard InChI is InChI=1S/C11H20N4OS/c1-4-5-15(7-6-14(2)3)10(16)9-8-17-11(12)13-9/h8H,4-7H2,1-3H3,(H2,12,13). The van der Waals surface area contributed by atoms with E-state index in [1.165, 1.54) is 11.3 Å². The van der Waals surface area contributed by atoms with Gasteiger partial charge in [0.25, 0.3) is 5.91 Å². The minimum Gasteiger partial charge on any atom is -0.375 e. The summed E-state index contributed by atoms with van der Waals surface area (Å²) in [5.41, 5.74) is 6.00. The Kier molecular flexibility index (Phi) is 5.37. The van der Waals surface area contributed by atoms with E-state index in [4.69, 9.17) is 5.73 Å². The van der Waals surface area contributed by atoms with E-state index < -0.39 is 0 Å². The zero-order valence-electron chi connectivity index (χ0n) is 10.6. The predicted octanol–water partition coefficient (Wildman–Crippen LogP) is 1.14. The Morgan fingerprint density at radius 2 is 2.12 bits per heavy atom. The van der Waals surface area contributed by atoms with E-state index in [0.717, 1.165) is 26.1 Å². The fourth-order valence-corrected chi connectivity index (χ4v) is 1.99. The summed E-state index contributed by atoms with van der Waals surface area (Å²) in [6.45, 7) is 4.39. The number of amides is 1. The average Bonchev–Trinajstić information content (AvgIpc) is 2.70. The van der Waals surface area contributed by atoms with Crippen LogP contribution < -0.4 is 5.73 Å². The summed E-state index contributed by atoms with van der Waals surface area (Å²) in [5, 5.41) is 2.16. The van der Waals surface area contributed by atoms with E-state index in [0.29, 0.717) is 10.8 Å². The zero-order chi connectivity index (χ0) is 12.8. The Bertz CT molecular complexity index is 364. The molecule has 0 aliphatic heterocycles. The van der Waals surface area contributed by atoms with E-state index >= 15 is 0 Å². The van der Waals surface area contributed by atoms with Crippen LogP contribution in [0.2, 0.25) is 0 Å². The smallest absolute Gasteiger partial charge is 0.273 e. The molecular formula is C11H20N4OS. The van der Waals surface area contributed by atoms with Gasteiger partial charge in [-0.2, -0.15) is 0 Å². The molecule has 6 heteroatoms. The average molecular weight is 256 g/mol. The first-order valence-corrected chi connectivity index (χ1v) is 6.57. The van der Waals surface area contributed by atoms with Gasteiger partial charge >= 0.3 is 0 Å². The van der Waals surface area contributed by atoms with E-state index in [1.807, 2.05) is 19.0 Å². The number of nitrogen functional groups attached to an aromatic ring is 1. The fraction of sp³-hybridized carbons (Fsp3) is 0.636. The number of thiazole rings is 1. The third kappa shape index (κ3) is 4.32. The molecule has 0 bridgehead atoms. The Labute approximate surface area is 106 Å². The summed E-state index contributed by atoms with van der Waals surface area (Å²) in [6.07, 6.45) is 0.943. The molecule has 0 aliphatic carbocycles. The summed E-state index contributed by atoms with van der Waals surface area (Å²) in [4.78, 5) is 20.1. The maximum Gasteiger partial charge on any atom is 0.273 e. The molecule has 5 nitrogen and oxygen atoms in total. The highest BCUT2D eigenvalue weighted by molar-refractivity contribution is 7.13. The van der Waals surface area contributed by atoms with Gasteiger partial charge in [0.1, 0.15) is 5.69 Å². The van der Waals surface area contributed by atoms with Gasteiger partial charge in [-0.1, -0.05) is 6.92 Å². The topological polar surface area (TPSA) is 62.5 Å². The van der Waals surface area contributed by atoms with Crippen LogP contribution in [-0.2, 0) is 0 Å². The minimum absolute atomic E-state index is 0.0262. The first-order chi connectivity index (χ1) is 8.04. The molecular weight excluding hydrogens is 236 g/mol. The van der Waals surface area contributed by atoms with Crippen molar-refractivity contribution in [3.8, 4) is 0 Å². The van der Waals surface area contributed by atoms with Crippen LogP contribution >= 0.6 is 11.3 Å². The number of aromatic nitrogens is 1. The Morgan fingerprint density at radius 3 is 2.59 bits per heavy atom. The molecule has 0 aromatic carbocycles. The summed E-state index contributed by atoms with van der Waals surface area (Å²) in [5.74, 6) is -0.0262. The van der Waals surface area contributed by atoms with Crippen molar-refractivity contribution < 1.29 is 4.79 Å². The number of hydrogen-bond acceptors (Lipinski definition) is 5. The van der Waals surface area contributed by atoms with Gasteiger partial charge in [0.15, 0.2) is 5.13 Å². The van der Waals surface area contributed by atoms with E-state index in [9.17, 15) is 4.79 Å². The number of hydrogen-bond donors (Lipinski definition) is 1. The summed E-state index contributed by atoms with van der Waals surface area (Å²) in [6, 6.07) is 0.